The molecule has 0 amide bonds. The zero-order valence-corrected chi connectivity index (χ0v) is 13.9. The molecule has 0 unspecified atom stereocenters. The summed E-state index contributed by atoms with van der Waals surface area (Å²) < 4.78 is 36.2. The molecule has 0 atom stereocenters. The van der Waals surface area contributed by atoms with Crippen molar-refractivity contribution >= 4 is 34.6 Å². The molecule has 0 saturated heterocycles. The second kappa shape index (κ2) is 7.23. The number of hydrogen-bond acceptors (Lipinski definition) is 3. The smallest absolute Gasteiger partial charge is 0.417 e. The van der Waals surface area contributed by atoms with Crippen LogP contribution in [0.4, 0.5) is 18.9 Å². The molecule has 1 heterocycles. The summed E-state index contributed by atoms with van der Waals surface area (Å²) in [5, 5.41) is 10.3. The highest BCUT2D eigenvalue weighted by atomic mass is 35.5. The molecule has 0 aliphatic rings. The predicted octanol–water partition coefficient (Wildman–Crippen LogP) is 5.05. The first-order valence-corrected chi connectivity index (χ1v) is 7.61. The highest BCUT2D eigenvalue weighted by Gasteiger charge is 2.32. The third-order valence-electron chi connectivity index (χ3n) is 2.97. The lowest BCUT2D eigenvalue weighted by Gasteiger charge is -2.16. The molecule has 23 heavy (non-hydrogen) atoms. The summed E-state index contributed by atoms with van der Waals surface area (Å²) in [5.41, 5.74) is 3.83. The van der Waals surface area contributed by atoms with E-state index in [1.165, 1.54) is 11.3 Å². The number of hydrogen-bond donors (Lipinski definition) is 2. The number of halogens is 4. The van der Waals surface area contributed by atoms with Crippen molar-refractivity contribution in [1.29, 1.82) is 0 Å². The van der Waals surface area contributed by atoms with Crippen molar-refractivity contribution in [3.05, 3.63) is 51.2 Å². The van der Waals surface area contributed by atoms with Gasteiger partial charge < -0.3 is 10.8 Å². The van der Waals surface area contributed by atoms with E-state index in [2.05, 4.69) is 0 Å². The van der Waals surface area contributed by atoms with Gasteiger partial charge in [0, 0.05) is 10.6 Å². The van der Waals surface area contributed by atoms with Crippen LogP contribution in [0.3, 0.4) is 0 Å². The summed E-state index contributed by atoms with van der Waals surface area (Å²) in [5.74, 6) is -0.778. The van der Waals surface area contributed by atoms with Crippen LogP contribution < -0.4 is 5.73 Å². The maximum Gasteiger partial charge on any atom is 0.417 e. The van der Waals surface area contributed by atoms with Crippen molar-refractivity contribution in [3.63, 3.8) is 0 Å². The number of anilines is 1. The summed E-state index contributed by atoms with van der Waals surface area (Å²) in [6.45, 7) is 3.42. The molecule has 126 valence electrons. The molecule has 0 fully saturated rings. The molecule has 8 heteroatoms. The molecule has 0 radical (unpaired) electrons. The highest BCUT2D eigenvalue weighted by Crippen LogP contribution is 2.35. The van der Waals surface area contributed by atoms with Gasteiger partial charge in [-0.3, -0.25) is 4.79 Å². The second-order valence-corrected chi connectivity index (χ2v) is 6.50. The second-order valence-electron chi connectivity index (χ2n) is 5.14. The minimum absolute atomic E-state index is 0.216. The molecule has 0 saturated carbocycles. The number of nitrogens with two attached hydrogens (primary N) is 1. The van der Waals surface area contributed by atoms with E-state index in [4.69, 9.17) is 22.4 Å². The molecular formula is C15H15ClF3NO2S. The lowest BCUT2D eigenvalue weighted by atomic mass is 9.92. The van der Waals surface area contributed by atoms with Crippen molar-refractivity contribution in [3.8, 4) is 0 Å². The number of thiophene rings is 1. The summed E-state index contributed by atoms with van der Waals surface area (Å²) in [7, 11) is 0. The van der Waals surface area contributed by atoms with E-state index in [-0.39, 0.29) is 10.7 Å². The maximum atomic E-state index is 12.1. The van der Waals surface area contributed by atoms with Crippen molar-refractivity contribution in [1.82, 2.24) is 0 Å². The van der Waals surface area contributed by atoms with Gasteiger partial charge in [-0.2, -0.15) is 13.2 Å². The van der Waals surface area contributed by atoms with Crippen molar-refractivity contribution in [2.45, 2.75) is 25.4 Å². The Morgan fingerprint density at radius 3 is 2.26 bits per heavy atom. The van der Waals surface area contributed by atoms with Crippen molar-refractivity contribution in [2.24, 2.45) is 0 Å². The minimum Gasteiger partial charge on any atom is -0.481 e. The van der Waals surface area contributed by atoms with Gasteiger partial charge in [-0.1, -0.05) is 17.7 Å². The number of benzene rings is 1. The van der Waals surface area contributed by atoms with E-state index in [1.54, 1.807) is 13.8 Å². The number of carboxylic acid groups (broad SMARTS) is 1. The van der Waals surface area contributed by atoms with Gasteiger partial charge in [0.15, 0.2) is 0 Å². The van der Waals surface area contributed by atoms with Gasteiger partial charge in [0.25, 0.3) is 0 Å². The quantitative estimate of drug-likeness (QED) is 0.732. The van der Waals surface area contributed by atoms with Gasteiger partial charge in [-0.25, -0.2) is 0 Å². The lowest BCUT2D eigenvalue weighted by molar-refractivity contribution is -0.142. The van der Waals surface area contributed by atoms with Crippen LogP contribution in [0.2, 0.25) is 5.02 Å². The first kappa shape index (κ1) is 19.3. The topological polar surface area (TPSA) is 63.3 Å². The Kier molecular flexibility index (Phi) is 6.07. The number of aliphatic carboxylic acids is 1. The maximum absolute atomic E-state index is 12.1. The largest absolute Gasteiger partial charge is 0.481 e. The standard InChI is InChI=1S/C8H10O2S.C7H5ClF3N/c1-8(2,7(9)10)6-4-3-5-11-6;8-6-3-4(12)1-2-5(6)7(9,10)11/h3-5H,1-2H3,(H,9,10);1-3H,12H2. The fourth-order valence-corrected chi connectivity index (χ4v) is 2.64. The third kappa shape index (κ3) is 5.14. The van der Waals surface area contributed by atoms with E-state index in [0.29, 0.717) is 0 Å². The predicted molar refractivity (Wildman–Crippen MR) is 85.8 cm³/mol. The fraction of sp³-hybridized carbons (Fsp3) is 0.267. The van der Waals surface area contributed by atoms with Crippen LogP contribution in [0.1, 0.15) is 24.3 Å². The molecule has 0 bridgehead atoms. The van der Waals surface area contributed by atoms with Gasteiger partial charge in [0.2, 0.25) is 0 Å². The van der Waals surface area contributed by atoms with Crippen LogP contribution in [0.25, 0.3) is 0 Å². The fourth-order valence-electron chi connectivity index (χ4n) is 1.50. The third-order valence-corrected chi connectivity index (χ3v) is 4.48. The van der Waals surface area contributed by atoms with Crippen LogP contribution in [-0.2, 0) is 16.4 Å². The van der Waals surface area contributed by atoms with Crippen LogP contribution >= 0.6 is 22.9 Å². The van der Waals surface area contributed by atoms with E-state index in [0.717, 1.165) is 23.1 Å². The molecule has 1 aromatic carbocycles. The number of alkyl halides is 3. The number of rotatable bonds is 2. The summed E-state index contributed by atoms with van der Waals surface area (Å²) in [4.78, 5) is 11.6. The van der Waals surface area contributed by atoms with Gasteiger partial charge in [-0.05, 0) is 43.5 Å². The zero-order valence-electron chi connectivity index (χ0n) is 12.3. The van der Waals surface area contributed by atoms with Crippen molar-refractivity contribution in [2.75, 3.05) is 5.73 Å². The average molecular weight is 366 g/mol. The molecular weight excluding hydrogens is 351 g/mol. The molecule has 0 aliphatic heterocycles. The number of carbonyl (C=O) groups is 1. The Bertz CT molecular complexity index is 670. The van der Waals surface area contributed by atoms with Gasteiger partial charge in [0.05, 0.1) is 16.0 Å². The molecule has 3 nitrogen and oxygen atoms in total. The average Bonchev–Trinajstić information content (AvgIpc) is 2.91. The van der Waals surface area contributed by atoms with Crippen LogP contribution in [0.5, 0.6) is 0 Å². The Morgan fingerprint density at radius 1 is 1.26 bits per heavy atom. The molecule has 2 aromatic rings. The summed E-state index contributed by atoms with van der Waals surface area (Å²) in [6, 6.07) is 6.81. The van der Waals surface area contributed by atoms with Gasteiger partial charge in [-0.15, -0.1) is 11.3 Å². The lowest BCUT2D eigenvalue weighted by Crippen LogP contribution is -2.27. The minimum atomic E-state index is -4.41. The zero-order chi connectivity index (χ0) is 17.8. The monoisotopic (exact) mass is 365 g/mol. The Hall–Kier alpha value is -1.73. The van der Waals surface area contributed by atoms with Crippen LogP contribution in [0.15, 0.2) is 35.7 Å². The summed E-state index contributed by atoms with van der Waals surface area (Å²) >= 11 is 6.79. The van der Waals surface area contributed by atoms with Crippen LogP contribution in [-0.4, -0.2) is 11.1 Å². The number of carboxylic acids is 1. The highest BCUT2D eigenvalue weighted by molar-refractivity contribution is 7.10. The normalized spacial score (nSPS) is 11.6. The molecule has 2 rings (SSSR count). The van der Waals surface area contributed by atoms with Gasteiger partial charge in [0.1, 0.15) is 0 Å². The molecule has 3 N–H and O–H groups in total. The Morgan fingerprint density at radius 2 is 1.87 bits per heavy atom. The first-order chi connectivity index (χ1) is 10.5. The van der Waals surface area contributed by atoms with Gasteiger partial charge >= 0.3 is 12.1 Å². The van der Waals surface area contributed by atoms with E-state index in [1.807, 2.05) is 17.5 Å². The number of nitrogen functional groups attached to an aromatic ring is 1. The molecule has 1 aromatic heterocycles. The van der Waals surface area contributed by atoms with E-state index >= 15 is 0 Å². The Balaban J connectivity index is 0.000000231. The molecule has 0 aliphatic carbocycles. The van der Waals surface area contributed by atoms with E-state index < -0.39 is 23.1 Å². The van der Waals surface area contributed by atoms with Crippen LogP contribution in [0, 0.1) is 0 Å². The summed E-state index contributed by atoms with van der Waals surface area (Å²) in [6.07, 6.45) is -4.41. The van der Waals surface area contributed by atoms with Crippen molar-refractivity contribution < 1.29 is 23.1 Å². The first-order valence-electron chi connectivity index (χ1n) is 6.36. The van der Waals surface area contributed by atoms with E-state index in [9.17, 15) is 18.0 Å². The SMILES string of the molecule is CC(C)(C(=O)O)c1cccs1.Nc1ccc(C(F)(F)F)c(Cl)c1. The molecule has 0 spiro atoms. The Labute approximate surface area is 140 Å².